The van der Waals surface area contributed by atoms with Gasteiger partial charge in [0.1, 0.15) is 18.5 Å². The summed E-state index contributed by atoms with van der Waals surface area (Å²) in [5.74, 6) is 0.0238. The summed E-state index contributed by atoms with van der Waals surface area (Å²) in [4.78, 5) is 14.1. The Hall–Kier alpha value is -2.45. The summed E-state index contributed by atoms with van der Waals surface area (Å²) >= 11 is 10.9. The van der Waals surface area contributed by atoms with Crippen molar-refractivity contribution >= 4 is 29.1 Å². The standard InChI is InChI=1S/C22H22Cl2FN3O3/c23-21(24)22(30)28-19(9-25)20(29)17-7-5-16(6-8-17)15-3-1-14(2-4-15)10-26-11-18-12-27-13-31-18/h1-8,12-13,19-21,26,29H,9-11H2,(H,28,30)/t19-,20-/m1/s1. The molecule has 0 fully saturated rings. The first-order chi connectivity index (χ1) is 15.0. The lowest BCUT2D eigenvalue weighted by Crippen LogP contribution is -2.43. The Bertz CT molecular complexity index is 951. The molecule has 1 amide bonds. The van der Waals surface area contributed by atoms with Gasteiger partial charge in [0.2, 0.25) is 0 Å². The number of rotatable bonds is 10. The first-order valence-corrected chi connectivity index (χ1v) is 10.4. The van der Waals surface area contributed by atoms with Crippen LogP contribution in [0.25, 0.3) is 11.1 Å². The lowest BCUT2D eigenvalue weighted by Gasteiger charge is -2.22. The number of alkyl halides is 3. The molecule has 0 saturated carbocycles. The molecule has 0 unspecified atom stereocenters. The third-order valence-corrected chi connectivity index (χ3v) is 5.12. The van der Waals surface area contributed by atoms with Gasteiger partial charge in [-0.3, -0.25) is 4.79 Å². The van der Waals surface area contributed by atoms with Gasteiger partial charge in [0, 0.05) is 6.54 Å². The molecule has 0 radical (unpaired) electrons. The van der Waals surface area contributed by atoms with E-state index in [1.165, 1.54) is 6.39 Å². The van der Waals surface area contributed by atoms with Crippen LogP contribution in [-0.4, -0.2) is 33.6 Å². The van der Waals surface area contributed by atoms with Crippen molar-refractivity contribution in [3.63, 3.8) is 0 Å². The van der Waals surface area contributed by atoms with Crippen LogP contribution in [-0.2, 0) is 17.9 Å². The number of hydrogen-bond donors (Lipinski definition) is 3. The molecule has 6 nitrogen and oxygen atoms in total. The Balaban J connectivity index is 1.59. The van der Waals surface area contributed by atoms with Crippen LogP contribution in [0.15, 0.2) is 65.5 Å². The second-order valence-electron chi connectivity index (χ2n) is 6.91. The lowest BCUT2D eigenvalue weighted by molar-refractivity contribution is -0.121. The molecule has 2 atom stereocenters. The summed E-state index contributed by atoms with van der Waals surface area (Å²) in [5, 5.41) is 16.0. The monoisotopic (exact) mass is 465 g/mol. The van der Waals surface area contributed by atoms with Gasteiger partial charge in [0.15, 0.2) is 11.2 Å². The minimum absolute atomic E-state index is 0.473. The number of nitrogens with one attached hydrogen (secondary N) is 2. The molecule has 31 heavy (non-hydrogen) atoms. The van der Waals surface area contributed by atoms with Gasteiger partial charge in [0.25, 0.3) is 5.91 Å². The van der Waals surface area contributed by atoms with E-state index in [4.69, 9.17) is 27.6 Å². The highest BCUT2D eigenvalue weighted by molar-refractivity contribution is 6.53. The highest BCUT2D eigenvalue weighted by Gasteiger charge is 2.25. The Morgan fingerprint density at radius 3 is 2.26 bits per heavy atom. The zero-order valence-electron chi connectivity index (χ0n) is 16.5. The number of carbonyl (C=O) groups excluding carboxylic acids is 1. The van der Waals surface area contributed by atoms with E-state index in [0.717, 1.165) is 22.5 Å². The quantitative estimate of drug-likeness (QED) is 0.395. The van der Waals surface area contributed by atoms with Crippen LogP contribution >= 0.6 is 23.2 Å². The predicted molar refractivity (Wildman–Crippen MR) is 117 cm³/mol. The third-order valence-electron chi connectivity index (χ3n) is 4.72. The highest BCUT2D eigenvalue weighted by atomic mass is 35.5. The summed E-state index contributed by atoms with van der Waals surface area (Å²) in [6.45, 7) is 0.331. The van der Waals surface area contributed by atoms with Gasteiger partial charge >= 0.3 is 0 Å². The van der Waals surface area contributed by atoms with E-state index < -0.39 is 29.6 Å². The normalized spacial score (nSPS) is 13.2. The summed E-state index contributed by atoms with van der Waals surface area (Å²) < 4.78 is 18.5. The SMILES string of the molecule is O=C(N[C@H](CF)[C@H](O)c1ccc(-c2ccc(CNCc3cnco3)cc2)cc1)C(Cl)Cl. The van der Waals surface area contributed by atoms with E-state index in [2.05, 4.69) is 15.6 Å². The van der Waals surface area contributed by atoms with Gasteiger partial charge in [-0.25, -0.2) is 9.37 Å². The second kappa shape index (κ2) is 11.2. The van der Waals surface area contributed by atoms with E-state index >= 15 is 0 Å². The summed E-state index contributed by atoms with van der Waals surface area (Å²) in [6, 6.07) is 14.0. The van der Waals surface area contributed by atoms with Gasteiger partial charge in [-0.15, -0.1) is 0 Å². The number of aromatic nitrogens is 1. The molecular weight excluding hydrogens is 444 g/mol. The smallest absolute Gasteiger partial charge is 0.253 e. The average Bonchev–Trinajstić information content (AvgIpc) is 3.31. The Kier molecular flexibility index (Phi) is 8.43. The van der Waals surface area contributed by atoms with Crippen LogP contribution in [0.5, 0.6) is 0 Å². The zero-order valence-corrected chi connectivity index (χ0v) is 18.0. The number of hydrogen-bond acceptors (Lipinski definition) is 5. The van der Waals surface area contributed by atoms with Crippen molar-refractivity contribution < 1.29 is 18.7 Å². The van der Waals surface area contributed by atoms with Crippen molar-refractivity contribution in [1.29, 1.82) is 0 Å². The van der Waals surface area contributed by atoms with Crippen molar-refractivity contribution in [2.45, 2.75) is 30.1 Å². The van der Waals surface area contributed by atoms with Crippen molar-refractivity contribution in [2.24, 2.45) is 0 Å². The average molecular weight is 466 g/mol. The molecule has 2 aromatic carbocycles. The number of benzene rings is 2. The largest absolute Gasteiger partial charge is 0.447 e. The van der Waals surface area contributed by atoms with Gasteiger partial charge < -0.3 is 20.2 Å². The fraction of sp³-hybridized carbons (Fsp3) is 0.273. The molecule has 0 aliphatic carbocycles. The summed E-state index contributed by atoms with van der Waals surface area (Å²) in [5.41, 5.74) is 3.54. The van der Waals surface area contributed by atoms with Gasteiger partial charge in [-0.05, 0) is 22.3 Å². The minimum atomic E-state index is -1.33. The molecule has 1 aromatic heterocycles. The number of aliphatic hydroxyl groups is 1. The van der Waals surface area contributed by atoms with Crippen LogP contribution in [0, 0.1) is 0 Å². The fourth-order valence-corrected chi connectivity index (χ4v) is 3.15. The second-order valence-corrected chi connectivity index (χ2v) is 8.00. The van der Waals surface area contributed by atoms with Crippen molar-refractivity contribution in [3.8, 4) is 11.1 Å². The fourth-order valence-electron chi connectivity index (χ4n) is 3.03. The molecule has 1 heterocycles. The Morgan fingerprint density at radius 1 is 1.06 bits per heavy atom. The maximum Gasteiger partial charge on any atom is 0.253 e. The van der Waals surface area contributed by atoms with E-state index in [1.807, 2.05) is 36.4 Å². The first kappa shape index (κ1) is 23.2. The summed E-state index contributed by atoms with van der Waals surface area (Å²) in [6.07, 6.45) is 1.85. The first-order valence-electron chi connectivity index (χ1n) is 9.58. The van der Waals surface area contributed by atoms with E-state index in [0.29, 0.717) is 18.7 Å². The molecule has 3 N–H and O–H groups in total. The maximum absolute atomic E-state index is 13.3. The number of nitrogens with zero attached hydrogens (tertiary/aromatic N) is 1. The molecule has 0 aliphatic rings. The van der Waals surface area contributed by atoms with E-state index in [9.17, 15) is 14.3 Å². The maximum atomic E-state index is 13.3. The summed E-state index contributed by atoms with van der Waals surface area (Å²) in [7, 11) is 0. The molecule has 0 saturated heterocycles. The Labute approximate surface area is 189 Å². The van der Waals surface area contributed by atoms with E-state index in [-0.39, 0.29) is 0 Å². The van der Waals surface area contributed by atoms with Crippen molar-refractivity contribution in [2.75, 3.05) is 6.67 Å². The van der Waals surface area contributed by atoms with Crippen LogP contribution in [0.4, 0.5) is 4.39 Å². The Morgan fingerprint density at radius 2 is 1.71 bits per heavy atom. The van der Waals surface area contributed by atoms with Crippen LogP contribution in [0.2, 0.25) is 0 Å². The molecule has 9 heteroatoms. The number of aliphatic hydroxyl groups excluding tert-OH is 1. The van der Waals surface area contributed by atoms with Crippen molar-refractivity contribution in [3.05, 3.63) is 78.0 Å². The molecule has 0 bridgehead atoms. The number of halogens is 3. The molecule has 0 aliphatic heterocycles. The number of carbonyl (C=O) groups is 1. The zero-order chi connectivity index (χ0) is 22.2. The molecule has 3 rings (SSSR count). The molecule has 164 valence electrons. The van der Waals surface area contributed by atoms with Crippen molar-refractivity contribution in [1.82, 2.24) is 15.6 Å². The van der Waals surface area contributed by atoms with E-state index in [1.54, 1.807) is 18.3 Å². The number of oxazole rings is 1. The number of amides is 1. The lowest BCUT2D eigenvalue weighted by atomic mass is 9.98. The van der Waals surface area contributed by atoms with Gasteiger partial charge in [-0.1, -0.05) is 71.7 Å². The van der Waals surface area contributed by atoms with Crippen LogP contribution in [0.3, 0.4) is 0 Å². The highest BCUT2D eigenvalue weighted by Crippen LogP contribution is 2.24. The predicted octanol–water partition coefficient (Wildman–Crippen LogP) is 3.92. The van der Waals surface area contributed by atoms with Gasteiger partial charge in [-0.2, -0.15) is 0 Å². The topological polar surface area (TPSA) is 87.4 Å². The van der Waals surface area contributed by atoms with Crippen LogP contribution < -0.4 is 10.6 Å². The molecule has 3 aromatic rings. The van der Waals surface area contributed by atoms with Crippen LogP contribution in [0.1, 0.15) is 23.0 Å². The molecular formula is C22H22Cl2FN3O3. The van der Waals surface area contributed by atoms with Gasteiger partial charge in [0.05, 0.1) is 18.8 Å². The third kappa shape index (κ3) is 6.51. The molecule has 0 spiro atoms. The minimum Gasteiger partial charge on any atom is -0.447 e.